The molecule has 0 spiro atoms. The van der Waals surface area contributed by atoms with Gasteiger partial charge in [0.05, 0.1) is 0 Å². The van der Waals surface area contributed by atoms with Gasteiger partial charge in [0, 0.05) is 17.0 Å². The summed E-state index contributed by atoms with van der Waals surface area (Å²) >= 11 is 1.90. The van der Waals surface area contributed by atoms with Crippen molar-refractivity contribution in [3.63, 3.8) is 0 Å². The van der Waals surface area contributed by atoms with Gasteiger partial charge in [0.1, 0.15) is 0 Å². The van der Waals surface area contributed by atoms with Gasteiger partial charge in [-0.05, 0) is 44.3 Å². The minimum atomic E-state index is 0.244. The van der Waals surface area contributed by atoms with Crippen LogP contribution in [-0.4, -0.2) is 18.5 Å². The van der Waals surface area contributed by atoms with E-state index in [0.29, 0.717) is 0 Å². The smallest absolute Gasteiger partial charge is 0.0412 e. The Bertz CT molecular complexity index is 288. The molecule has 0 fully saturated rings. The number of fused-ring (bicyclic) bond motifs is 1. The van der Waals surface area contributed by atoms with Crippen molar-refractivity contribution in [2.75, 3.05) is 13.6 Å². The van der Waals surface area contributed by atoms with Gasteiger partial charge in [-0.3, -0.25) is 4.90 Å². The molecular formula is C10H15NS. The third-order valence-corrected chi connectivity index (χ3v) is 4.01. The standard InChI is InChI=1S/C10H15NS/c1-10(2)8-5-7-12-9(8)4-6-11(10)3/h5,7H,4,6H2,1-3H3. The van der Waals surface area contributed by atoms with Crippen LogP contribution < -0.4 is 0 Å². The van der Waals surface area contributed by atoms with Crippen LogP contribution in [0.1, 0.15) is 24.3 Å². The maximum atomic E-state index is 2.43. The largest absolute Gasteiger partial charge is 0.297 e. The van der Waals surface area contributed by atoms with Gasteiger partial charge in [0.15, 0.2) is 0 Å². The molecule has 0 bridgehead atoms. The van der Waals surface area contributed by atoms with Gasteiger partial charge in [-0.2, -0.15) is 0 Å². The Balaban J connectivity index is 2.49. The Kier molecular flexibility index (Phi) is 1.77. The Labute approximate surface area is 78.0 Å². The summed E-state index contributed by atoms with van der Waals surface area (Å²) in [4.78, 5) is 4.01. The highest BCUT2D eigenvalue weighted by Gasteiger charge is 2.32. The molecule has 0 atom stereocenters. The number of likely N-dealkylation sites (N-methyl/N-ethyl adjacent to an activating group) is 1. The van der Waals surface area contributed by atoms with Gasteiger partial charge in [-0.1, -0.05) is 0 Å². The van der Waals surface area contributed by atoms with Gasteiger partial charge in [-0.25, -0.2) is 0 Å². The average Bonchev–Trinajstić information content (AvgIpc) is 2.46. The lowest BCUT2D eigenvalue weighted by atomic mass is 9.89. The van der Waals surface area contributed by atoms with Crippen LogP contribution >= 0.6 is 11.3 Å². The minimum Gasteiger partial charge on any atom is -0.297 e. The van der Waals surface area contributed by atoms with Crippen molar-refractivity contribution in [2.45, 2.75) is 25.8 Å². The zero-order chi connectivity index (χ0) is 8.77. The fourth-order valence-electron chi connectivity index (χ4n) is 1.83. The first-order valence-corrected chi connectivity index (χ1v) is 5.28. The molecule has 0 saturated heterocycles. The molecule has 2 rings (SSSR count). The molecule has 0 aliphatic carbocycles. The highest BCUT2D eigenvalue weighted by molar-refractivity contribution is 7.10. The molecule has 0 N–H and O–H groups in total. The fourth-order valence-corrected chi connectivity index (χ4v) is 2.86. The molecule has 1 aliphatic rings. The van der Waals surface area contributed by atoms with Gasteiger partial charge in [-0.15, -0.1) is 11.3 Å². The first-order valence-electron chi connectivity index (χ1n) is 4.40. The highest BCUT2D eigenvalue weighted by atomic mass is 32.1. The topological polar surface area (TPSA) is 3.24 Å². The van der Waals surface area contributed by atoms with E-state index in [1.807, 2.05) is 11.3 Å². The van der Waals surface area contributed by atoms with E-state index in [2.05, 4.69) is 37.2 Å². The van der Waals surface area contributed by atoms with E-state index >= 15 is 0 Å². The lowest BCUT2D eigenvalue weighted by Crippen LogP contribution is -2.43. The molecule has 0 unspecified atom stereocenters. The van der Waals surface area contributed by atoms with E-state index < -0.39 is 0 Å². The van der Waals surface area contributed by atoms with Crippen molar-refractivity contribution in [1.29, 1.82) is 0 Å². The van der Waals surface area contributed by atoms with Crippen LogP contribution in [0.5, 0.6) is 0 Å². The summed E-state index contributed by atoms with van der Waals surface area (Å²) in [5.74, 6) is 0. The van der Waals surface area contributed by atoms with Crippen LogP contribution in [0.25, 0.3) is 0 Å². The number of thiophene rings is 1. The molecule has 66 valence electrons. The van der Waals surface area contributed by atoms with E-state index in [9.17, 15) is 0 Å². The van der Waals surface area contributed by atoms with Gasteiger partial charge in [0.25, 0.3) is 0 Å². The van der Waals surface area contributed by atoms with Crippen LogP contribution in [0.15, 0.2) is 11.4 Å². The van der Waals surface area contributed by atoms with Gasteiger partial charge < -0.3 is 0 Å². The van der Waals surface area contributed by atoms with E-state index in [-0.39, 0.29) is 5.54 Å². The van der Waals surface area contributed by atoms with Crippen molar-refractivity contribution >= 4 is 11.3 Å². The lowest BCUT2D eigenvalue weighted by molar-refractivity contribution is 0.145. The highest BCUT2D eigenvalue weighted by Crippen LogP contribution is 2.36. The van der Waals surface area contributed by atoms with Crippen LogP contribution in [0, 0.1) is 0 Å². The number of hydrogen-bond donors (Lipinski definition) is 0. The van der Waals surface area contributed by atoms with Crippen LogP contribution in [-0.2, 0) is 12.0 Å². The molecule has 2 heterocycles. The number of hydrogen-bond acceptors (Lipinski definition) is 2. The van der Waals surface area contributed by atoms with Crippen molar-refractivity contribution in [2.24, 2.45) is 0 Å². The second-order valence-electron chi connectivity index (χ2n) is 3.99. The van der Waals surface area contributed by atoms with Crippen molar-refractivity contribution in [3.8, 4) is 0 Å². The van der Waals surface area contributed by atoms with Crippen LogP contribution in [0.2, 0.25) is 0 Å². The summed E-state index contributed by atoms with van der Waals surface area (Å²) in [6.45, 7) is 5.80. The van der Waals surface area contributed by atoms with E-state index in [1.165, 1.54) is 18.5 Å². The summed E-state index contributed by atoms with van der Waals surface area (Å²) < 4.78 is 0. The Morgan fingerprint density at radius 1 is 1.50 bits per heavy atom. The first-order chi connectivity index (χ1) is 5.62. The summed E-state index contributed by atoms with van der Waals surface area (Å²) in [5, 5.41) is 2.21. The van der Waals surface area contributed by atoms with Crippen molar-refractivity contribution in [3.05, 3.63) is 21.9 Å². The van der Waals surface area contributed by atoms with E-state index in [4.69, 9.17) is 0 Å². The summed E-state index contributed by atoms with van der Waals surface area (Å²) in [6.07, 6.45) is 1.23. The van der Waals surface area contributed by atoms with Crippen LogP contribution in [0.3, 0.4) is 0 Å². The molecule has 0 amide bonds. The molecule has 0 radical (unpaired) electrons. The zero-order valence-electron chi connectivity index (χ0n) is 7.92. The molecule has 12 heavy (non-hydrogen) atoms. The number of nitrogens with zero attached hydrogens (tertiary/aromatic N) is 1. The summed E-state index contributed by atoms with van der Waals surface area (Å²) in [5.41, 5.74) is 1.77. The fraction of sp³-hybridized carbons (Fsp3) is 0.600. The van der Waals surface area contributed by atoms with Crippen molar-refractivity contribution in [1.82, 2.24) is 4.90 Å². The quantitative estimate of drug-likeness (QED) is 0.594. The van der Waals surface area contributed by atoms with E-state index in [0.717, 1.165) is 0 Å². The lowest BCUT2D eigenvalue weighted by Gasteiger charge is -2.39. The molecule has 0 saturated carbocycles. The normalized spacial score (nSPS) is 22.2. The second-order valence-corrected chi connectivity index (χ2v) is 4.99. The molecule has 0 aromatic carbocycles. The molecule has 1 aromatic rings. The maximum absolute atomic E-state index is 2.43. The monoisotopic (exact) mass is 181 g/mol. The Hall–Kier alpha value is -0.340. The Morgan fingerprint density at radius 2 is 2.25 bits per heavy atom. The van der Waals surface area contributed by atoms with Gasteiger partial charge in [0.2, 0.25) is 0 Å². The molecule has 1 aliphatic heterocycles. The SMILES string of the molecule is CN1CCc2sccc2C1(C)C. The molecule has 1 aromatic heterocycles. The number of rotatable bonds is 0. The predicted octanol–water partition coefficient (Wildman–Crippen LogP) is 2.47. The molecular weight excluding hydrogens is 166 g/mol. The van der Waals surface area contributed by atoms with Crippen LogP contribution in [0.4, 0.5) is 0 Å². The third kappa shape index (κ3) is 1.02. The molecule has 1 nitrogen and oxygen atoms in total. The zero-order valence-corrected chi connectivity index (χ0v) is 8.74. The Morgan fingerprint density at radius 3 is 3.00 bits per heavy atom. The molecule has 2 heteroatoms. The van der Waals surface area contributed by atoms with E-state index in [1.54, 1.807) is 4.88 Å². The van der Waals surface area contributed by atoms with Crippen molar-refractivity contribution < 1.29 is 0 Å². The summed E-state index contributed by atoms with van der Waals surface area (Å²) in [6, 6.07) is 2.27. The predicted molar refractivity (Wildman–Crippen MR) is 53.7 cm³/mol. The summed E-state index contributed by atoms with van der Waals surface area (Å²) in [7, 11) is 2.21. The first kappa shape index (κ1) is 8.27. The minimum absolute atomic E-state index is 0.244. The average molecular weight is 181 g/mol. The second kappa shape index (κ2) is 2.57. The maximum Gasteiger partial charge on any atom is 0.0412 e. The van der Waals surface area contributed by atoms with Gasteiger partial charge >= 0.3 is 0 Å². The third-order valence-electron chi connectivity index (χ3n) is 3.03.